The molecule has 1 heteroatoms. The third kappa shape index (κ3) is 1.25. The van der Waals surface area contributed by atoms with E-state index < -0.39 is 0 Å². The van der Waals surface area contributed by atoms with Crippen LogP contribution < -0.4 is 0 Å². The molecule has 0 aromatic rings. The molecule has 0 aromatic carbocycles. The molecule has 50 valence electrons. The van der Waals surface area contributed by atoms with Crippen molar-refractivity contribution in [2.75, 3.05) is 13.1 Å². The number of nitrogens with zero attached hydrogens (tertiary/aromatic N) is 1. The van der Waals surface area contributed by atoms with Crippen LogP contribution in [0.1, 0.15) is 13.8 Å². The molecular weight excluding hydrogens is 110 g/mol. The van der Waals surface area contributed by atoms with Crippen molar-refractivity contribution in [1.82, 2.24) is 4.90 Å². The van der Waals surface area contributed by atoms with E-state index in [1.807, 2.05) is 0 Å². The van der Waals surface area contributed by atoms with Gasteiger partial charge in [-0.15, -0.1) is 12.3 Å². The maximum absolute atomic E-state index is 5.22. The van der Waals surface area contributed by atoms with E-state index in [0.717, 1.165) is 13.1 Å². The summed E-state index contributed by atoms with van der Waals surface area (Å²) in [5, 5.41) is 0. The zero-order valence-electron chi connectivity index (χ0n) is 6.09. The van der Waals surface area contributed by atoms with Crippen molar-refractivity contribution in [1.29, 1.82) is 0 Å². The van der Waals surface area contributed by atoms with Gasteiger partial charge in [0.1, 0.15) is 0 Å². The van der Waals surface area contributed by atoms with Crippen molar-refractivity contribution >= 4 is 0 Å². The van der Waals surface area contributed by atoms with Crippen LogP contribution in [0.3, 0.4) is 0 Å². The van der Waals surface area contributed by atoms with Gasteiger partial charge in [0, 0.05) is 25.0 Å². The fourth-order valence-corrected chi connectivity index (χ4v) is 1.04. The lowest BCUT2D eigenvalue weighted by Gasteiger charge is -2.39. The maximum Gasteiger partial charge on any atom is 0.0454 e. The fraction of sp³-hybridized carbons (Fsp3) is 0.750. The first-order valence-electron chi connectivity index (χ1n) is 3.44. The first-order chi connectivity index (χ1) is 4.24. The maximum atomic E-state index is 5.22. The van der Waals surface area contributed by atoms with Gasteiger partial charge in [0.15, 0.2) is 0 Å². The van der Waals surface area contributed by atoms with Crippen LogP contribution in [0.4, 0.5) is 0 Å². The number of likely N-dealkylation sites (tertiary alicyclic amines) is 1. The van der Waals surface area contributed by atoms with Gasteiger partial charge in [-0.2, -0.15) is 0 Å². The van der Waals surface area contributed by atoms with E-state index in [9.17, 15) is 0 Å². The van der Waals surface area contributed by atoms with Crippen LogP contribution in [-0.4, -0.2) is 24.0 Å². The Kier molecular flexibility index (Phi) is 1.78. The molecule has 0 amide bonds. The average Bonchev–Trinajstić information content (AvgIpc) is 1.61. The molecule has 1 heterocycles. The van der Waals surface area contributed by atoms with Gasteiger partial charge < -0.3 is 0 Å². The Hall–Kier alpha value is -0.480. The number of terminal acetylenes is 1. The molecule has 1 aliphatic rings. The van der Waals surface area contributed by atoms with Gasteiger partial charge in [-0.05, 0) is 13.8 Å². The molecule has 1 nitrogen and oxygen atoms in total. The largest absolute Gasteiger partial charge is 0.298 e. The molecule has 1 rings (SSSR count). The Bertz CT molecular complexity index is 126. The fourth-order valence-electron chi connectivity index (χ4n) is 1.04. The summed E-state index contributed by atoms with van der Waals surface area (Å²) in [6.45, 7) is 6.61. The molecule has 0 unspecified atom stereocenters. The van der Waals surface area contributed by atoms with Gasteiger partial charge >= 0.3 is 0 Å². The lowest BCUT2D eigenvalue weighted by atomic mass is 10.00. The Balaban J connectivity index is 2.21. The van der Waals surface area contributed by atoms with Crippen molar-refractivity contribution < 1.29 is 0 Å². The molecule has 0 saturated carbocycles. The smallest absolute Gasteiger partial charge is 0.0454 e. The molecule has 0 spiro atoms. The van der Waals surface area contributed by atoms with Gasteiger partial charge in [-0.25, -0.2) is 0 Å². The molecule has 0 aromatic heterocycles. The first-order valence-corrected chi connectivity index (χ1v) is 3.44. The zero-order valence-corrected chi connectivity index (χ0v) is 6.09. The zero-order chi connectivity index (χ0) is 6.85. The van der Waals surface area contributed by atoms with E-state index >= 15 is 0 Å². The minimum Gasteiger partial charge on any atom is -0.298 e. The molecular formula is C8H13N. The summed E-state index contributed by atoms with van der Waals surface area (Å²) in [7, 11) is 0. The highest BCUT2D eigenvalue weighted by Crippen LogP contribution is 2.16. The van der Waals surface area contributed by atoms with E-state index in [0.29, 0.717) is 12.0 Å². The van der Waals surface area contributed by atoms with Crippen molar-refractivity contribution in [2.24, 2.45) is 5.92 Å². The van der Waals surface area contributed by atoms with Gasteiger partial charge in [0.25, 0.3) is 0 Å². The molecule has 1 saturated heterocycles. The van der Waals surface area contributed by atoms with E-state index in [-0.39, 0.29) is 0 Å². The second kappa shape index (κ2) is 2.41. The van der Waals surface area contributed by atoms with Crippen molar-refractivity contribution in [3.8, 4) is 12.3 Å². The monoisotopic (exact) mass is 123 g/mol. The van der Waals surface area contributed by atoms with Crippen LogP contribution in [-0.2, 0) is 0 Å². The van der Waals surface area contributed by atoms with Crippen LogP contribution in [0.5, 0.6) is 0 Å². The quantitative estimate of drug-likeness (QED) is 0.469. The van der Waals surface area contributed by atoms with Crippen LogP contribution in [0, 0.1) is 18.3 Å². The van der Waals surface area contributed by atoms with E-state index in [1.165, 1.54) is 0 Å². The van der Waals surface area contributed by atoms with Crippen LogP contribution >= 0.6 is 0 Å². The standard InChI is InChI=1S/C8H13N/c1-4-8-5-9(6-8)7(2)3/h1,7-8H,5-6H2,2-3H3. The van der Waals surface area contributed by atoms with Gasteiger partial charge in [-0.3, -0.25) is 4.90 Å². The van der Waals surface area contributed by atoms with Gasteiger partial charge in [0.05, 0.1) is 0 Å². The highest BCUT2D eigenvalue weighted by atomic mass is 15.2. The Morgan fingerprint density at radius 1 is 1.56 bits per heavy atom. The third-order valence-electron chi connectivity index (χ3n) is 1.88. The molecule has 1 fully saturated rings. The van der Waals surface area contributed by atoms with Crippen LogP contribution in [0.2, 0.25) is 0 Å². The minimum absolute atomic E-state index is 0.535. The summed E-state index contributed by atoms with van der Waals surface area (Å²) in [6.07, 6.45) is 5.22. The minimum atomic E-state index is 0.535. The van der Waals surface area contributed by atoms with E-state index in [1.54, 1.807) is 0 Å². The third-order valence-corrected chi connectivity index (χ3v) is 1.88. The van der Waals surface area contributed by atoms with Crippen molar-refractivity contribution in [2.45, 2.75) is 19.9 Å². The second-order valence-electron chi connectivity index (χ2n) is 2.91. The van der Waals surface area contributed by atoms with Crippen molar-refractivity contribution in [3.05, 3.63) is 0 Å². The summed E-state index contributed by atoms with van der Waals surface area (Å²) in [4.78, 5) is 2.38. The van der Waals surface area contributed by atoms with Gasteiger partial charge in [-0.1, -0.05) is 0 Å². The highest BCUT2D eigenvalue weighted by molar-refractivity contribution is 5.02. The molecule has 9 heavy (non-hydrogen) atoms. The van der Waals surface area contributed by atoms with Gasteiger partial charge in [0.2, 0.25) is 0 Å². The molecule has 0 aliphatic carbocycles. The van der Waals surface area contributed by atoms with Crippen molar-refractivity contribution in [3.63, 3.8) is 0 Å². The topological polar surface area (TPSA) is 3.24 Å². The normalized spacial score (nSPS) is 21.6. The summed E-state index contributed by atoms with van der Waals surface area (Å²) in [5.41, 5.74) is 0. The lowest BCUT2D eigenvalue weighted by Crippen LogP contribution is -2.49. The SMILES string of the molecule is C#CC1CN(C(C)C)C1. The predicted molar refractivity (Wildman–Crippen MR) is 39.0 cm³/mol. The second-order valence-corrected chi connectivity index (χ2v) is 2.91. The summed E-state index contributed by atoms with van der Waals surface area (Å²) in [5.74, 6) is 3.28. The van der Waals surface area contributed by atoms with E-state index in [2.05, 4.69) is 24.7 Å². The Labute approximate surface area is 57.0 Å². The predicted octanol–water partition coefficient (Wildman–Crippen LogP) is 0.960. The molecule has 0 radical (unpaired) electrons. The number of rotatable bonds is 1. The highest BCUT2D eigenvalue weighted by Gasteiger charge is 2.25. The summed E-state index contributed by atoms with van der Waals surface area (Å²) < 4.78 is 0. The molecule has 1 aliphatic heterocycles. The van der Waals surface area contributed by atoms with Crippen LogP contribution in [0.15, 0.2) is 0 Å². The average molecular weight is 123 g/mol. The molecule has 0 atom stereocenters. The first kappa shape index (κ1) is 6.64. The molecule has 0 bridgehead atoms. The number of hydrogen-bond acceptors (Lipinski definition) is 1. The summed E-state index contributed by atoms with van der Waals surface area (Å²) in [6, 6.07) is 0.676. The molecule has 0 N–H and O–H groups in total. The Morgan fingerprint density at radius 2 is 2.11 bits per heavy atom. The van der Waals surface area contributed by atoms with Crippen LogP contribution in [0.25, 0.3) is 0 Å². The number of hydrogen-bond donors (Lipinski definition) is 0. The summed E-state index contributed by atoms with van der Waals surface area (Å²) >= 11 is 0. The Morgan fingerprint density at radius 3 is 2.44 bits per heavy atom. The lowest BCUT2D eigenvalue weighted by molar-refractivity contribution is 0.0992. The van der Waals surface area contributed by atoms with E-state index in [4.69, 9.17) is 6.42 Å².